The third-order valence-electron chi connectivity index (χ3n) is 3.27. The first-order valence-electron chi connectivity index (χ1n) is 6.49. The van der Waals surface area contributed by atoms with E-state index in [9.17, 15) is 0 Å². The molecule has 2 heterocycles. The Bertz CT molecular complexity index is 348. The first-order chi connectivity index (χ1) is 8.16. The quantitative estimate of drug-likeness (QED) is 0.804. The first kappa shape index (κ1) is 12.4. The topological polar surface area (TPSA) is 25.4 Å². The van der Waals surface area contributed by atoms with Gasteiger partial charge in [-0.3, -0.25) is 4.90 Å². The lowest BCUT2D eigenvalue weighted by atomic mass is 9.97. The molecule has 1 aliphatic rings. The summed E-state index contributed by atoms with van der Waals surface area (Å²) in [6, 6.07) is 4.67. The van der Waals surface area contributed by atoms with Crippen LogP contribution in [0.15, 0.2) is 18.3 Å². The molecule has 0 N–H and O–H groups in total. The third kappa shape index (κ3) is 3.19. The molecule has 0 aliphatic carbocycles. The molecule has 1 unspecified atom stereocenters. The molecule has 0 amide bonds. The van der Waals surface area contributed by atoms with Crippen molar-refractivity contribution in [1.29, 1.82) is 0 Å². The van der Waals surface area contributed by atoms with Crippen molar-refractivity contribution < 1.29 is 4.74 Å². The summed E-state index contributed by atoms with van der Waals surface area (Å²) in [6.45, 7) is 5.23. The van der Waals surface area contributed by atoms with Gasteiger partial charge in [0, 0.05) is 18.3 Å². The van der Waals surface area contributed by atoms with Gasteiger partial charge < -0.3 is 4.74 Å². The molecule has 1 atom stereocenters. The number of hydrogen-bond acceptors (Lipinski definition) is 3. The molecule has 3 heteroatoms. The van der Waals surface area contributed by atoms with Gasteiger partial charge in [0.15, 0.2) is 0 Å². The number of likely N-dealkylation sites (tertiary alicyclic amines) is 1. The van der Waals surface area contributed by atoms with Gasteiger partial charge in [0.1, 0.15) is 0 Å². The number of aromatic nitrogens is 1. The number of hydrogen-bond donors (Lipinski definition) is 0. The predicted octanol–water partition coefficient (Wildman–Crippen LogP) is 3.03. The summed E-state index contributed by atoms with van der Waals surface area (Å²) in [5.41, 5.74) is 1.31. The largest absolute Gasteiger partial charge is 0.475 e. The molecule has 1 aliphatic heterocycles. The first-order valence-corrected chi connectivity index (χ1v) is 6.49. The molecule has 0 aromatic carbocycles. The fourth-order valence-electron chi connectivity index (χ4n) is 2.40. The zero-order valence-electron chi connectivity index (χ0n) is 11.0. The van der Waals surface area contributed by atoms with E-state index in [4.69, 9.17) is 4.74 Å². The highest BCUT2D eigenvalue weighted by Gasteiger charge is 2.20. The molecule has 2 rings (SSSR count). The van der Waals surface area contributed by atoms with E-state index in [1.807, 2.05) is 26.1 Å². The van der Waals surface area contributed by atoms with Crippen LogP contribution < -0.4 is 4.74 Å². The lowest BCUT2D eigenvalue weighted by molar-refractivity contribution is 0.186. The summed E-state index contributed by atoms with van der Waals surface area (Å²) in [5, 5.41) is 0. The molecular weight excluding hydrogens is 212 g/mol. The molecule has 94 valence electrons. The molecule has 0 saturated carbocycles. The standard InChI is InChI=1S/C14H22N2O/c1-11(2)17-14-8-7-12(10-15-14)13-6-4-5-9-16(13)3/h7-8,10-11,13H,4-6,9H2,1-3H3. The number of piperidine rings is 1. The Kier molecular flexibility index (Phi) is 4.00. The molecule has 1 fully saturated rings. The van der Waals surface area contributed by atoms with Crippen molar-refractivity contribution in [3.8, 4) is 5.88 Å². The van der Waals surface area contributed by atoms with Crippen molar-refractivity contribution in [1.82, 2.24) is 9.88 Å². The molecule has 0 bridgehead atoms. The van der Waals surface area contributed by atoms with Crippen molar-refractivity contribution >= 4 is 0 Å². The minimum absolute atomic E-state index is 0.186. The highest BCUT2D eigenvalue weighted by molar-refractivity contribution is 5.21. The van der Waals surface area contributed by atoms with Gasteiger partial charge in [-0.25, -0.2) is 4.98 Å². The van der Waals surface area contributed by atoms with Crippen molar-refractivity contribution in [3.05, 3.63) is 23.9 Å². The minimum Gasteiger partial charge on any atom is -0.475 e. The number of nitrogens with zero attached hydrogens (tertiary/aromatic N) is 2. The summed E-state index contributed by atoms with van der Waals surface area (Å²) in [6.07, 6.45) is 6.02. The van der Waals surface area contributed by atoms with E-state index in [0.717, 1.165) is 5.88 Å². The van der Waals surface area contributed by atoms with Crippen LogP contribution in [0.4, 0.5) is 0 Å². The van der Waals surface area contributed by atoms with Gasteiger partial charge in [0.2, 0.25) is 5.88 Å². The molecule has 1 saturated heterocycles. The lowest BCUT2D eigenvalue weighted by Crippen LogP contribution is -2.29. The average Bonchev–Trinajstić information content (AvgIpc) is 2.30. The fraction of sp³-hybridized carbons (Fsp3) is 0.643. The molecule has 17 heavy (non-hydrogen) atoms. The van der Waals surface area contributed by atoms with Crippen LogP contribution in [0.3, 0.4) is 0 Å². The van der Waals surface area contributed by atoms with Crippen molar-refractivity contribution in [3.63, 3.8) is 0 Å². The number of pyridine rings is 1. The maximum absolute atomic E-state index is 5.56. The summed E-state index contributed by atoms with van der Waals surface area (Å²) >= 11 is 0. The van der Waals surface area contributed by atoms with Gasteiger partial charge in [-0.2, -0.15) is 0 Å². The van der Waals surface area contributed by atoms with Crippen LogP contribution in [0, 0.1) is 0 Å². The Morgan fingerprint density at radius 3 is 2.76 bits per heavy atom. The molecule has 1 aromatic heterocycles. The van der Waals surface area contributed by atoms with E-state index < -0.39 is 0 Å². The smallest absolute Gasteiger partial charge is 0.213 e. The van der Waals surface area contributed by atoms with Crippen LogP contribution in [0.2, 0.25) is 0 Å². The zero-order chi connectivity index (χ0) is 12.3. The minimum atomic E-state index is 0.186. The molecule has 0 radical (unpaired) electrons. The second-order valence-electron chi connectivity index (χ2n) is 5.09. The number of rotatable bonds is 3. The Balaban J connectivity index is 2.06. The predicted molar refractivity (Wildman–Crippen MR) is 69.2 cm³/mol. The monoisotopic (exact) mass is 234 g/mol. The summed E-state index contributed by atoms with van der Waals surface area (Å²) in [5.74, 6) is 0.724. The van der Waals surface area contributed by atoms with E-state index >= 15 is 0 Å². The third-order valence-corrected chi connectivity index (χ3v) is 3.27. The highest BCUT2D eigenvalue weighted by Crippen LogP contribution is 2.29. The van der Waals surface area contributed by atoms with E-state index in [2.05, 4.69) is 23.0 Å². The molecular formula is C14H22N2O. The van der Waals surface area contributed by atoms with Crippen LogP contribution in [0.1, 0.15) is 44.7 Å². The van der Waals surface area contributed by atoms with E-state index in [1.54, 1.807) is 0 Å². The molecule has 0 spiro atoms. The van der Waals surface area contributed by atoms with Crippen molar-refractivity contribution in [2.24, 2.45) is 0 Å². The second-order valence-corrected chi connectivity index (χ2v) is 5.09. The van der Waals surface area contributed by atoms with Crippen molar-refractivity contribution in [2.75, 3.05) is 13.6 Å². The summed E-state index contributed by atoms with van der Waals surface area (Å²) in [7, 11) is 2.20. The Labute approximate surface area is 104 Å². The SMILES string of the molecule is CC(C)Oc1ccc(C2CCCCN2C)cn1. The van der Waals surface area contributed by atoms with E-state index in [-0.39, 0.29) is 6.10 Å². The van der Waals surface area contributed by atoms with E-state index in [1.165, 1.54) is 31.4 Å². The van der Waals surface area contributed by atoms with Gasteiger partial charge >= 0.3 is 0 Å². The molecule has 1 aromatic rings. The maximum Gasteiger partial charge on any atom is 0.213 e. The van der Waals surface area contributed by atoms with Crippen LogP contribution in [0.25, 0.3) is 0 Å². The normalized spacial score (nSPS) is 21.8. The van der Waals surface area contributed by atoms with Crippen molar-refractivity contribution in [2.45, 2.75) is 45.3 Å². The maximum atomic E-state index is 5.56. The number of ether oxygens (including phenoxy) is 1. The second kappa shape index (κ2) is 5.50. The van der Waals surface area contributed by atoms with Crippen LogP contribution in [-0.4, -0.2) is 29.6 Å². The van der Waals surface area contributed by atoms with Gasteiger partial charge in [0.25, 0.3) is 0 Å². The van der Waals surface area contributed by atoms with Gasteiger partial charge in [0.05, 0.1) is 6.10 Å². The van der Waals surface area contributed by atoms with Crippen LogP contribution in [-0.2, 0) is 0 Å². The van der Waals surface area contributed by atoms with Crippen LogP contribution >= 0.6 is 0 Å². The summed E-state index contributed by atoms with van der Waals surface area (Å²) in [4.78, 5) is 6.80. The fourth-order valence-corrected chi connectivity index (χ4v) is 2.40. The molecule has 3 nitrogen and oxygen atoms in total. The Hall–Kier alpha value is -1.09. The summed E-state index contributed by atoms with van der Waals surface area (Å²) < 4.78 is 5.56. The van der Waals surface area contributed by atoms with E-state index in [0.29, 0.717) is 6.04 Å². The zero-order valence-corrected chi connectivity index (χ0v) is 11.0. The van der Waals surface area contributed by atoms with Gasteiger partial charge in [-0.05, 0) is 45.8 Å². The van der Waals surface area contributed by atoms with Crippen LogP contribution in [0.5, 0.6) is 5.88 Å². The highest BCUT2D eigenvalue weighted by atomic mass is 16.5. The van der Waals surface area contributed by atoms with Gasteiger partial charge in [-0.15, -0.1) is 0 Å². The Morgan fingerprint density at radius 2 is 2.18 bits per heavy atom. The average molecular weight is 234 g/mol. The Morgan fingerprint density at radius 1 is 1.35 bits per heavy atom. The lowest BCUT2D eigenvalue weighted by Gasteiger charge is -2.32. The van der Waals surface area contributed by atoms with Gasteiger partial charge in [-0.1, -0.05) is 12.5 Å².